The maximum atomic E-state index is 12.3. The molecule has 0 radical (unpaired) electrons. The molecule has 0 amide bonds. The Balaban J connectivity index is 3.22. The van der Waals surface area contributed by atoms with Crippen LogP contribution >= 0.6 is 12.2 Å². The minimum atomic E-state index is -3.43. The second-order valence-corrected chi connectivity index (χ2v) is 6.62. The monoisotopic (exact) mass is 286 g/mol. The first-order valence-electron chi connectivity index (χ1n) is 5.67. The number of aryl methyl sites for hydroxylation is 1. The summed E-state index contributed by atoms with van der Waals surface area (Å²) >= 11 is 4.87. The molecule has 0 aliphatic carbocycles. The summed E-state index contributed by atoms with van der Waals surface area (Å²) in [6, 6.07) is 4.91. The van der Waals surface area contributed by atoms with Crippen LogP contribution in [0.5, 0.6) is 0 Å². The fourth-order valence-corrected chi connectivity index (χ4v) is 3.29. The van der Waals surface area contributed by atoms with Crippen molar-refractivity contribution in [2.24, 2.45) is 5.73 Å². The third-order valence-electron chi connectivity index (χ3n) is 2.69. The van der Waals surface area contributed by atoms with E-state index in [-0.39, 0.29) is 4.99 Å². The Bertz CT molecular complexity index is 553. The van der Waals surface area contributed by atoms with Crippen molar-refractivity contribution in [3.63, 3.8) is 0 Å². The van der Waals surface area contributed by atoms with Gasteiger partial charge in [0.05, 0.1) is 4.90 Å². The maximum absolute atomic E-state index is 12.3. The fraction of sp³-hybridized carbons (Fsp3) is 0.417. The zero-order valence-electron chi connectivity index (χ0n) is 10.8. The lowest BCUT2D eigenvalue weighted by Gasteiger charge is -2.18. The molecule has 0 aliphatic heterocycles. The van der Waals surface area contributed by atoms with Gasteiger partial charge in [-0.1, -0.05) is 25.2 Å². The van der Waals surface area contributed by atoms with E-state index in [0.29, 0.717) is 22.6 Å². The molecule has 18 heavy (non-hydrogen) atoms. The summed E-state index contributed by atoms with van der Waals surface area (Å²) in [7, 11) is -1.84. The van der Waals surface area contributed by atoms with E-state index in [2.05, 4.69) is 0 Å². The molecule has 0 saturated heterocycles. The average molecular weight is 286 g/mol. The van der Waals surface area contributed by atoms with E-state index in [1.165, 1.54) is 4.31 Å². The van der Waals surface area contributed by atoms with Crippen LogP contribution in [0.25, 0.3) is 0 Å². The van der Waals surface area contributed by atoms with Crippen molar-refractivity contribution in [1.29, 1.82) is 0 Å². The van der Waals surface area contributed by atoms with Crippen LogP contribution in [0.2, 0.25) is 0 Å². The molecule has 0 aromatic heterocycles. The van der Waals surface area contributed by atoms with Crippen LogP contribution in [0.3, 0.4) is 0 Å². The number of hydrogen-bond donors (Lipinski definition) is 1. The van der Waals surface area contributed by atoms with E-state index in [0.717, 1.165) is 6.42 Å². The molecule has 1 rings (SSSR count). The first-order valence-corrected chi connectivity index (χ1v) is 7.52. The lowest BCUT2D eigenvalue weighted by Crippen LogP contribution is -2.28. The van der Waals surface area contributed by atoms with Gasteiger partial charge >= 0.3 is 0 Å². The van der Waals surface area contributed by atoms with E-state index >= 15 is 0 Å². The van der Waals surface area contributed by atoms with Gasteiger partial charge in [-0.15, -0.1) is 0 Å². The van der Waals surface area contributed by atoms with Crippen LogP contribution in [0.1, 0.15) is 24.5 Å². The van der Waals surface area contributed by atoms with Gasteiger partial charge in [-0.3, -0.25) is 0 Å². The normalized spacial score (nSPS) is 11.8. The smallest absolute Gasteiger partial charge is 0.243 e. The van der Waals surface area contributed by atoms with Gasteiger partial charge in [0.1, 0.15) is 4.99 Å². The Morgan fingerprint density at radius 2 is 2.06 bits per heavy atom. The van der Waals surface area contributed by atoms with Gasteiger partial charge in [0, 0.05) is 19.2 Å². The second kappa shape index (κ2) is 5.77. The average Bonchev–Trinajstić information content (AvgIpc) is 2.28. The quantitative estimate of drug-likeness (QED) is 0.836. The Labute approximate surface area is 114 Å². The number of nitrogens with two attached hydrogens (primary N) is 1. The van der Waals surface area contributed by atoms with Crippen LogP contribution in [-0.2, 0) is 10.0 Å². The SMILES string of the molecule is CCCN(C)S(=O)(=O)c1ccc(C(N)=S)cc1C. The molecule has 1 aromatic rings. The number of rotatable bonds is 5. The number of thiocarbonyl (C=S) groups is 1. The minimum Gasteiger partial charge on any atom is -0.389 e. The summed E-state index contributed by atoms with van der Waals surface area (Å²) in [4.78, 5) is 0.572. The molecule has 0 unspecified atom stereocenters. The summed E-state index contributed by atoms with van der Waals surface area (Å²) in [6.45, 7) is 4.18. The van der Waals surface area contributed by atoms with Crippen LogP contribution in [0, 0.1) is 6.92 Å². The number of hydrogen-bond acceptors (Lipinski definition) is 3. The summed E-state index contributed by atoms with van der Waals surface area (Å²) < 4.78 is 25.9. The summed E-state index contributed by atoms with van der Waals surface area (Å²) in [5, 5.41) is 0. The highest BCUT2D eigenvalue weighted by Gasteiger charge is 2.22. The molecule has 6 heteroatoms. The van der Waals surface area contributed by atoms with Gasteiger partial charge < -0.3 is 5.73 Å². The van der Waals surface area contributed by atoms with Crippen molar-refractivity contribution in [1.82, 2.24) is 4.31 Å². The third-order valence-corrected chi connectivity index (χ3v) is 4.94. The minimum absolute atomic E-state index is 0.268. The van der Waals surface area contributed by atoms with E-state index in [9.17, 15) is 8.42 Å². The third kappa shape index (κ3) is 3.07. The van der Waals surface area contributed by atoms with Crippen molar-refractivity contribution in [3.8, 4) is 0 Å². The molecule has 100 valence electrons. The molecule has 2 N–H and O–H groups in total. The Hall–Kier alpha value is -0.980. The molecule has 0 aliphatic rings. The van der Waals surface area contributed by atoms with E-state index in [1.54, 1.807) is 32.2 Å². The molecule has 0 spiro atoms. The van der Waals surface area contributed by atoms with Gasteiger partial charge in [-0.05, 0) is 31.0 Å². The lowest BCUT2D eigenvalue weighted by molar-refractivity contribution is 0.468. The summed E-state index contributed by atoms with van der Waals surface area (Å²) in [5.74, 6) is 0. The molecular formula is C12H18N2O2S2. The molecule has 0 heterocycles. The first-order chi connectivity index (χ1) is 8.30. The van der Waals surface area contributed by atoms with Gasteiger partial charge in [-0.2, -0.15) is 0 Å². The predicted molar refractivity (Wildman–Crippen MR) is 77.2 cm³/mol. The van der Waals surface area contributed by atoms with E-state index < -0.39 is 10.0 Å². The van der Waals surface area contributed by atoms with Crippen LogP contribution < -0.4 is 5.73 Å². The van der Waals surface area contributed by atoms with Gasteiger partial charge in [-0.25, -0.2) is 12.7 Å². The standard InChI is InChI=1S/C12H18N2O2S2/c1-4-7-14(3)18(15,16)11-6-5-10(12(13)17)8-9(11)2/h5-6,8H,4,7H2,1-3H3,(H2,13,17). The molecular weight excluding hydrogens is 268 g/mol. The highest BCUT2D eigenvalue weighted by atomic mass is 32.2. The van der Waals surface area contributed by atoms with Crippen molar-refractivity contribution >= 4 is 27.2 Å². The highest BCUT2D eigenvalue weighted by Crippen LogP contribution is 2.20. The maximum Gasteiger partial charge on any atom is 0.243 e. The van der Waals surface area contributed by atoms with Crippen molar-refractivity contribution < 1.29 is 8.42 Å². The molecule has 4 nitrogen and oxygen atoms in total. The highest BCUT2D eigenvalue weighted by molar-refractivity contribution is 7.89. The molecule has 0 atom stereocenters. The molecule has 0 saturated carbocycles. The van der Waals surface area contributed by atoms with E-state index in [1.807, 2.05) is 6.92 Å². The molecule has 0 bridgehead atoms. The van der Waals surface area contributed by atoms with Crippen molar-refractivity contribution in [2.75, 3.05) is 13.6 Å². The Morgan fingerprint density at radius 1 is 1.44 bits per heavy atom. The first kappa shape index (κ1) is 15.1. The van der Waals surface area contributed by atoms with Crippen LogP contribution in [0.4, 0.5) is 0 Å². The molecule has 0 fully saturated rings. The predicted octanol–water partition coefficient (Wildman–Crippen LogP) is 1.66. The lowest BCUT2D eigenvalue weighted by atomic mass is 10.1. The number of sulfonamides is 1. The Kier molecular flexibility index (Phi) is 4.84. The van der Waals surface area contributed by atoms with E-state index in [4.69, 9.17) is 18.0 Å². The van der Waals surface area contributed by atoms with Crippen LogP contribution in [0.15, 0.2) is 23.1 Å². The number of benzene rings is 1. The zero-order valence-corrected chi connectivity index (χ0v) is 12.4. The largest absolute Gasteiger partial charge is 0.389 e. The van der Waals surface area contributed by atoms with Crippen molar-refractivity contribution in [2.45, 2.75) is 25.2 Å². The fourth-order valence-electron chi connectivity index (χ4n) is 1.70. The molecule has 1 aromatic carbocycles. The van der Waals surface area contributed by atoms with Gasteiger partial charge in [0.2, 0.25) is 10.0 Å². The second-order valence-electron chi connectivity index (χ2n) is 4.17. The van der Waals surface area contributed by atoms with Crippen molar-refractivity contribution in [3.05, 3.63) is 29.3 Å². The van der Waals surface area contributed by atoms with Gasteiger partial charge in [0.15, 0.2) is 0 Å². The summed E-state index contributed by atoms with van der Waals surface area (Å²) in [5.41, 5.74) is 6.86. The summed E-state index contributed by atoms with van der Waals surface area (Å²) in [6.07, 6.45) is 0.778. The number of nitrogens with zero attached hydrogens (tertiary/aromatic N) is 1. The topological polar surface area (TPSA) is 63.4 Å². The zero-order chi connectivity index (χ0) is 13.9. The van der Waals surface area contributed by atoms with Gasteiger partial charge in [0.25, 0.3) is 0 Å². The Morgan fingerprint density at radius 3 is 2.50 bits per heavy atom. The van der Waals surface area contributed by atoms with Crippen LogP contribution in [-0.4, -0.2) is 31.3 Å².